The number of halogens is 1. The van der Waals surface area contributed by atoms with Gasteiger partial charge in [-0.3, -0.25) is 4.79 Å². The fourth-order valence-corrected chi connectivity index (χ4v) is 3.01. The molecule has 4 aromatic rings. The molecule has 30 heavy (non-hydrogen) atoms. The Balaban J connectivity index is 1.36. The lowest BCUT2D eigenvalue weighted by Crippen LogP contribution is -2.13. The highest BCUT2D eigenvalue weighted by Crippen LogP contribution is 2.29. The fourth-order valence-electron chi connectivity index (χ4n) is 2.88. The van der Waals surface area contributed by atoms with E-state index >= 15 is 0 Å². The van der Waals surface area contributed by atoms with E-state index in [0.29, 0.717) is 40.3 Å². The number of carbonyl (C=O) groups excluding carboxylic acids is 1. The molecule has 1 aromatic heterocycles. The molecule has 0 unspecified atom stereocenters. The zero-order chi connectivity index (χ0) is 20.8. The van der Waals surface area contributed by atoms with Gasteiger partial charge in [-0.1, -0.05) is 41.9 Å². The second kappa shape index (κ2) is 9.29. The van der Waals surface area contributed by atoms with Gasteiger partial charge in [-0.2, -0.15) is 0 Å². The molecule has 4 rings (SSSR count). The summed E-state index contributed by atoms with van der Waals surface area (Å²) >= 11 is 5.91. The lowest BCUT2D eigenvalue weighted by Gasteiger charge is -2.12. The molecule has 1 heterocycles. The van der Waals surface area contributed by atoms with Crippen LogP contribution in [0.15, 0.2) is 89.5 Å². The van der Waals surface area contributed by atoms with Crippen LogP contribution in [0.2, 0.25) is 5.02 Å². The molecular formula is C24H19ClN2O3. The molecule has 0 aliphatic rings. The predicted molar refractivity (Wildman–Crippen MR) is 117 cm³/mol. The lowest BCUT2D eigenvalue weighted by molar-refractivity contribution is -0.116. The van der Waals surface area contributed by atoms with Crippen LogP contribution in [0.25, 0.3) is 11.3 Å². The van der Waals surface area contributed by atoms with Gasteiger partial charge in [-0.15, -0.1) is 0 Å². The Hall–Kier alpha value is -3.57. The third-order valence-corrected chi connectivity index (χ3v) is 4.63. The monoisotopic (exact) mass is 418 g/mol. The van der Waals surface area contributed by atoms with E-state index in [9.17, 15) is 4.79 Å². The quantitative estimate of drug-likeness (QED) is 0.379. The summed E-state index contributed by atoms with van der Waals surface area (Å²) in [5, 5.41) is 3.56. The van der Waals surface area contributed by atoms with Crippen molar-refractivity contribution in [2.75, 3.05) is 5.32 Å². The standard InChI is InChI=1S/C24H19ClN2O3/c25-18-12-10-17(11-13-18)22-16-26-24(30-22)15-14-23(28)27-20-8-4-5-9-21(20)29-19-6-2-1-3-7-19/h1-13,16H,14-15H2,(H,27,28). The Morgan fingerprint density at radius 1 is 0.967 bits per heavy atom. The number of anilines is 1. The maximum absolute atomic E-state index is 12.5. The molecule has 0 aliphatic carbocycles. The zero-order valence-corrected chi connectivity index (χ0v) is 16.8. The summed E-state index contributed by atoms with van der Waals surface area (Å²) in [7, 11) is 0. The topological polar surface area (TPSA) is 64.4 Å². The first kappa shape index (κ1) is 19.7. The number of carbonyl (C=O) groups is 1. The largest absolute Gasteiger partial charge is 0.455 e. The molecular weight excluding hydrogens is 400 g/mol. The third-order valence-electron chi connectivity index (χ3n) is 4.38. The Kier molecular flexibility index (Phi) is 6.11. The number of nitrogens with one attached hydrogen (secondary N) is 1. The molecule has 1 amide bonds. The van der Waals surface area contributed by atoms with Gasteiger partial charge >= 0.3 is 0 Å². The van der Waals surface area contributed by atoms with E-state index in [1.54, 1.807) is 24.4 Å². The maximum Gasteiger partial charge on any atom is 0.224 e. The zero-order valence-electron chi connectivity index (χ0n) is 16.0. The molecule has 0 atom stereocenters. The molecule has 0 radical (unpaired) electrons. The van der Waals surface area contributed by atoms with E-state index in [-0.39, 0.29) is 12.3 Å². The molecule has 0 fully saturated rings. The van der Waals surface area contributed by atoms with Crippen LogP contribution in [-0.2, 0) is 11.2 Å². The fraction of sp³-hybridized carbons (Fsp3) is 0.0833. The first-order valence-electron chi connectivity index (χ1n) is 9.50. The van der Waals surface area contributed by atoms with E-state index in [1.807, 2.05) is 60.7 Å². The van der Waals surface area contributed by atoms with Gasteiger partial charge in [0.1, 0.15) is 5.75 Å². The number of aryl methyl sites for hydroxylation is 1. The molecule has 3 aromatic carbocycles. The summed E-state index contributed by atoms with van der Waals surface area (Å²) < 4.78 is 11.6. The number of para-hydroxylation sites is 3. The summed E-state index contributed by atoms with van der Waals surface area (Å²) in [4.78, 5) is 16.7. The molecule has 0 aliphatic heterocycles. The Bertz CT molecular complexity index is 1120. The van der Waals surface area contributed by atoms with Crippen LogP contribution in [0.5, 0.6) is 11.5 Å². The highest BCUT2D eigenvalue weighted by atomic mass is 35.5. The number of rotatable bonds is 7. The maximum atomic E-state index is 12.5. The SMILES string of the molecule is O=C(CCc1ncc(-c2ccc(Cl)cc2)o1)Nc1ccccc1Oc1ccccc1. The van der Waals surface area contributed by atoms with E-state index in [1.165, 1.54) is 0 Å². The Morgan fingerprint density at radius 2 is 1.70 bits per heavy atom. The van der Waals surface area contributed by atoms with E-state index in [2.05, 4.69) is 10.3 Å². The summed E-state index contributed by atoms with van der Waals surface area (Å²) in [6.07, 6.45) is 2.28. The molecule has 6 heteroatoms. The molecule has 0 saturated carbocycles. The van der Waals surface area contributed by atoms with Gasteiger partial charge in [0, 0.05) is 23.4 Å². The number of aromatic nitrogens is 1. The highest BCUT2D eigenvalue weighted by Gasteiger charge is 2.12. The number of hydrogen-bond donors (Lipinski definition) is 1. The average molecular weight is 419 g/mol. The number of benzene rings is 3. The van der Waals surface area contributed by atoms with Crippen LogP contribution in [0.1, 0.15) is 12.3 Å². The molecule has 1 N–H and O–H groups in total. The van der Waals surface area contributed by atoms with Crippen molar-refractivity contribution in [3.8, 4) is 22.8 Å². The van der Waals surface area contributed by atoms with Gasteiger partial charge in [0.2, 0.25) is 5.91 Å². The van der Waals surface area contributed by atoms with Crippen LogP contribution in [0.3, 0.4) is 0 Å². The molecule has 0 bridgehead atoms. The van der Waals surface area contributed by atoms with Gasteiger partial charge in [-0.25, -0.2) is 4.98 Å². The summed E-state index contributed by atoms with van der Waals surface area (Å²) in [6.45, 7) is 0. The smallest absolute Gasteiger partial charge is 0.224 e. The molecule has 0 spiro atoms. The van der Waals surface area contributed by atoms with Crippen LogP contribution >= 0.6 is 11.6 Å². The average Bonchev–Trinajstić information content (AvgIpc) is 3.24. The van der Waals surface area contributed by atoms with Gasteiger partial charge in [0.25, 0.3) is 0 Å². The van der Waals surface area contributed by atoms with Gasteiger partial charge in [0.15, 0.2) is 17.4 Å². The molecule has 150 valence electrons. The summed E-state index contributed by atoms with van der Waals surface area (Å²) in [5.41, 5.74) is 1.50. The number of ether oxygens (including phenoxy) is 1. The third kappa shape index (κ3) is 5.07. The van der Waals surface area contributed by atoms with Crippen molar-refractivity contribution in [3.05, 3.63) is 96.0 Å². The van der Waals surface area contributed by atoms with Crippen molar-refractivity contribution in [2.45, 2.75) is 12.8 Å². The van der Waals surface area contributed by atoms with Crippen LogP contribution in [-0.4, -0.2) is 10.9 Å². The lowest BCUT2D eigenvalue weighted by atomic mass is 10.2. The normalized spacial score (nSPS) is 10.6. The highest BCUT2D eigenvalue weighted by molar-refractivity contribution is 6.30. The Morgan fingerprint density at radius 3 is 2.50 bits per heavy atom. The summed E-state index contributed by atoms with van der Waals surface area (Å²) in [6, 6.07) is 24.1. The minimum absolute atomic E-state index is 0.148. The van der Waals surface area contributed by atoms with Crippen molar-refractivity contribution >= 4 is 23.2 Å². The van der Waals surface area contributed by atoms with Crippen molar-refractivity contribution in [1.29, 1.82) is 0 Å². The number of nitrogens with zero attached hydrogens (tertiary/aromatic N) is 1. The first-order valence-corrected chi connectivity index (χ1v) is 9.87. The van der Waals surface area contributed by atoms with Crippen LogP contribution in [0.4, 0.5) is 5.69 Å². The Labute approximate surface area is 179 Å². The van der Waals surface area contributed by atoms with Gasteiger partial charge in [0.05, 0.1) is 11.9 Å². The van der Waals surface area contributed by atoms with Crippen molar-refractivity contribution in [2.24, 2.45) is 0 Å². The minimum Gasteiger partial charge on any atom is -0.455 e. The van der Waals surface area contributed by atoms with Crippen molar-refractivity contribution in [3.63, 3.8) is 0 Å². The summed E-state index contributed by atoms with van der Waals surface area (Å²) in [5.74, 6) is 2.28. The van der Waals surface area contributed by atoms with E-state index in [0.717, 1.165) is 5.56 Å². The van der Waals surface area contributed by atoms with Gasteiger partial charge in [-0.05, 0) is 48.5 Å². The van der Waals surface area contributed by atoms with Gasteiger partial charge < -0.3 is 14.5 Å². The van der Waals surface area contributed by atoms with Crippen LogP contribution in [0, 0.1) is 0 Å². The number of hydrogen-bond acceptors (Lipinski definition) is 4. The van der Waals surface area contributed by atoms with Crippen molar-refractivity contribution in [1.82, 2.24) is 4.98 Å². The van der Waals surface area contributed by atoms with E-state index in [4.69, 9.17) is 20.8 Å². The first-order chi connectivity index (χ1) is 14.7. The second-order valence-electron chi connectivity index (χ2n) is 6.58. The molecule has 5 nitrogen and oxygen atoms in total. The minimum atomic E-state index is -0.148. The van der Waals surface area contributed by atoms with E-state index < -0.39 is 0 Å². The van der Waals surface area contributed by atoms with Crippen LogP contribution < -0.4 is 10.1 Å². The molecule has 0 saturated heterocycles. The second-order valence-corrected chi connectivity index (χ2v) is 7.02. The van der Waals surface area contributed by atoms with Crippen molar-refractivity contribution < 1.29 is 13.9 Å². The number of oxazole rings is 1. The predicted octanol–water partition coefficient (Wildman–Crippen LogP) is 6.36. The number of amides is 1.